The highest BCUT2D eigenvalue weighted by Crippen LogP contribution is 2.28. The van der Waals surface area contributed by atoms with Crippen molar-refractivity contribution in [2.75, 3.05) is 5.32 Å². The molecule has 0 bridgehead atoms. The smallest absolute Gasteiger partial charge is 0.266 e. The zero-order valence-electron chi connectivity index (χ0n) is 11.5. The van der Waals surface area contributed by atoms with E-state index in [1.807, 2.05) is 6.07 Å². The maximum Gasteiger partial charge on any atom is 0.266 e. The first-order chi connectivity index (χ1) is 9.56. The molecule has 1 aromatic rings. The number of para-hydroxylation sites is 1. The molecule has 0 aromatic heterocycles. The van der Waals surface area contributed by atoms with Gasteiger partial charge in [-0.25, -0.2) is 18.1 Å². The normalized spacial score (nSPS) is 30.1. The molecule has 0 amide bonds. The second kappa shape index (κ2) is 5.09. The summed E-state index contributed by atoms with van der Waals surface area (Å²) in [5.74, 6) is 0.849. The van der Waals surface area contributed by atoms with E-state index >= 15 is 0 Å². The van der Waals surface area contributed by atoms with Crippen LogP contribution < -0.4 is 10.0 Å². The molecule has 1 aliphatic carbocycles. The van der Waals surface area contributed by atoms with Crippen LogP contribution in [-0.2, 0) is 10.0 Å². The van der Waals surface area contributed by atoms with Crippen LogP contribution in [0.5, 0.6) is 0 Å². The molecule has 2 N–H and O–H groups in total. The van der Waals surface area contributed by atoms with Gasteiger partial charge in [-0.15, -0.1) is 0 Å². The molecule has 0 spiro atoms. The number of guanidine groups is 1. The highest BCUT2D eigenvalue weighted by Gasteiger charge is 2.28. The summed E-state index contributed by atoms with van der Waals surface area (Å²) < 4.78 is 26.9. The third-order valence-corrected chi connectivity index (χ3v) is 5.42. The molecule has 6 heteroatoms. The average molecular weight is 293 g/mol. The predicted molar refractivity (Wildman–Crippen MR) is 79.2 cm³/mol. The van der Waals surface area contributed by atoms with Crippen molar-refractivity contribution in [3.8, 4) is 0 Å². The third kappa shape index (κ3) is 2.52. The van der Waals surface area contributed by atoms with E-state index in [-0.39, 0.29) is 10.9 Å². The van der Waals surface area contributed by atoms with Crippen LogP contribution in [0.1, 0.15) is 32.6 Å². The van der Waals surface area contributed by atoms with Gasteiger partial charge in [0.1, 0.15) is 4.90 Å². The first-order valence-corrected chi connectivity index (χ1v) is 8.51. The van der Waals surface area contributed by atoms with Crippen LogP contribution in [0.15, 0.2) is 34.2 Å². The van der Waals surface area contributed by atoms with E-state index in [0.717, 1.165) is 19.3 Å². The van der Waals surface area contributed by atoms with Gasteiger partial charge in [0.2, 0.25) is 5.96 Å². The van der Waals surface area contributed by atoms with E-state index in [9.17, 15) is 8.42 Å². The van der Waals surface area contributed by atoms with E-state index in [1.165, 1.54) is 6.42 Å². The summed E-state index contributed by atoms with van der Waals surface area (Å²) in [6, 6.07) is 7.07. The zero-order valence-corrected chi connectivity index (χ0v) is 12.3. The molecule has 5 nitrogen and oxygen atoms in total. The van der Waals surface area contributed by atoms with E-state index in [2.05, 4.69) is 22.0 Å². The fourth-order valence-electron chi connectivity index (χ4n) is 2.85. The second-order valence-electron chi connectivity index (χ2n) is 5.53. The number of rotatable bonds is 1. The molecule has 1 fully saturated rings. The Labute approximate surface area is 119 Å². The van der Waals surface area contributed by atoms with Crippen LogP contribution in [-0.4, -0.2) is 20.4 Å². The quantitative estimate of drug-likeness (QED) is 0.835. The summed E-state index contributed by atoms with van der Waals surface area (Å²) in [6.45, 7) is 2.18. The Hall–Kier alpha value is -1.56. The summed E-state index contributed by atoms with van der Waals surface area (Å²) >= 11 is 0. The maximum atomic E-state index is 12.2. The van der Waals surface area contributed by atoms with E-state index in [4.69, 9.17) is 0 Å². The first-order valence-electron chi connectivity index (χ1n) is 7.03. The lowest BCUT2D eigenvalue weighted by Gasteiger charge is -2.28. The van der Waals surface area contributed by atoms with Crippen molar-refractivity contribution < 1.29 is 8.42 Å². The van der Waals surface area contributed by atoms with Gasteiger partial charge in [-0.3, -0.25) is 0 Å². The summed E-state index contributed by atoms with van der Waals surface area (Å²) in [5.41, 5.74) is 0.591. The van der Waals surface area contributed by atoms with Crippen LogP contribution in [0, 0.1) is 5.92 Å². The number of benzene rings is 1. The van der Waals surface area contributed by atoms with Gasteiger partial charge in [0.15, 0.2) is 0 Å². The fraction of sp³-hybridized carbons (Fsp3) is 0.500. The van der Waals surface area contributed by atoms with Crippen molar-refractivity contribution in [1.29, 1.82) is 0 Å². The molecule has 0 radical (unpaired) electrons. The number of anilines is 1. The van der Waals surface area contributed by atoms with Crippen molar-refractivity contribution in [1.82, 2.24) is 4.72 Å². The van der Waals surface area contributed by atoms with E-state index < -0.39 is 10.0 Å². The summed E-state index contributed by atoms with van der Waals surface area (Å²) in [5, 5.41) is 3.08. The van der Waals surface area contributed by atoms with Gasteiger partial charge in [0.05, 0.1) is 11.7 Å². The number of hydrogen-bond acceptors (Lipinski definition) is 3. The minimum Gasteiger partial charge on any atom is -0.324 e. The molecular formula is C14H19N3O2S. The summed E-state index contributed by atoms with van der Waals surface area (Å²) in [6.07, 6.45) is 4.58. The van der Waals surface area contributed by atoms with E-state index in [1.54, 1.807) is 18.2 Å². The SMILES string of the molecule is CC1CCCCC1N=C1Nc2ccccc2S(=O)(=O)N1. The Bertz CT molecular complexity index is 640. The zero-order chi connectivity index (χ0) is 14.2. The van der Waals surface area contributed by atoms with Gasteiger partial charge >= 0.3 is 0 Å². The first kappa shape index (κ1) is 13.4. The van der Waals surface area contributed by atoms with Gasteiger partial charge in [0, 0.05) is 0 Å². The van der Waals surface area contributed by atoms with Crippen molar-refractivity contribution in [3.63, 3.8) is 0 Å². The Balaban J connectivity index is 1.91. The fourth-order valence-corrected chi connectivity index (χ4v) is 3.99. The van der Waals surface area contributed by atoms with Crippen LogP contribution in [0.25, 0.3) is 0 Å². The minimum atomic E-state index is -3.50. The average Bonchev–Trinajstić information content (AvgIpc) is 2.41. The standard InChI is InChI=1S/C14H19N3O2S/c1-10-6-2-3-7-11(10)15-14-16-12-8-4-5-9-13(12)20(18,19)17-14/h4-5,8-11H,2-3,6-7H2,1H3,(H2,15,16,17). The number of hydrogen-bond donors (Lipinski definition) is 2. The Morgan fingerprint density at radius 1 is 1.20 bits per heavy atom. The highest BCUT2D eigenvalue weighted by molar-refractivity contribution is 7.90. The molecule has 3 rings (SSSR count). The van der Waals surface area contributed by atoms with Gasteiger partial charge in [-0.05, 0) is 30.9 Å². The maximum absolute atomic E-state index is 12.2. The second-order valence-corrected chi connectivity index (χ2v) is 7.18. The predicted octanol–water partition coefficient (Wildman–Crippen LogP) is 2.33. The Kier molecular flexibility index (Phi) is 3.41. The number of sulfonamides is 1. The molecule has 2 aliphatic rings. The summed E-state index contributed by atoms with van der Waals surface area (Å²) in [7, 11) is -3.50. The largest absolute Gasteiger partial charge is 0.324 e. The van der Waals surface area contributed by atoms with Crippen LogP contribution in [0.4, 0.5) is 5.69 Å². The monoisotopic (exact) mass is 293 g/mol. The molecule has 108 valence electrons. The van der Waals surface area contributed by atoms with Crippen molar-refractivity contribution in [3.05, 3.63) is 24.3 Å². The lowest BCUT2D eigenvalue weighted by atomic mass is 9.86. The highest BCUT2D eigenvalue weighted by atomic mass is 32.2. The van der Waals surface area contributed by atoms with Crippen molar-refractivity contribution in [2.24, 2.45) is 10.9 Å². The Morgan fingerprint density at radius 2 is 1.95 bits per heavy atom. The molecule has 1 aromatic carbocycles. The van der Waals surface area contributed by atoms with Gasteiger partial charge in [-0.2, -0.15) is 0 Å². The number of nitrogens with zero attached hydrogens (tertiary/aromatic N) is 1. The molecule has 0 saturated heterocycles. The lowest BCUT2D eigenvalue weighted by molar-refractivity contribution is 0.332. The Morgan fingerprint density at radius 3 is 2.75 bits per heavy atom. The molecule has 1 heterocycles. The van der Waals surface area contributed by atoms with Crippen molar-refractivity contribution in [2.45, 2.75) is 43.5 Å². The molecular weight excluding hydrogens is 274 g/mol. The van der Waals surface area contributed by atoms with Gasteiger partial charge in [0.25, 0.3) is 10.0 Å². The van der Waals surface area contributed by atoms with Crippen LogP contribution in [0.3, 0.4) is 0 Å². The van der Waals surface area contributed by atoms with Gasteiger partial charge in [-0.1, -0.05) is 31.9 Å². The molecule has 1 aliphatic heterocycles. The number of nitrogens with one attached hydrogen (secondary N) is 2. The van der Waals surface area contributed by atoms with Crippen molar-refractivity contribution >= 4 is 21.7 Å². The number of fused-ring (bicyclic) bond motifs is 1. The molecule has 2 unspecified atom stereocenters. The van der Waals surface area contributed by atoms with Crippen LogP contribution in [0.2, 0.25) is 0 Å². The lowest BCUT2D eigenvalue weighted by Crippen LogP contribution is -2.42. The van der Waals surface area contributed by atoms with Crippen LogP contribution >= 0.6 is 0 Å². The number of aliphatic imine (C=N–C) groups is 1. The van der Waals surface area contributed by atoms with E-state index in [0.29, 0.717) is 17.6 Å². The molecule has 20 heavy (non-hydrogen) atoms. The topological polar surface area (TPSA) is 70.6 Å². The molecule has 1 saturated carbocycles. The third-order valence-electron chi connectivity index (χ3n) is 4.02. The van der Waals surface area contributed by atoms with Gasteiger partial charge < -0.3 is 5.32 Å². The summed E-state index contributed by atoms with van der Waals surface area (Å²) in [4.78, 5) is 4.86. The molecule has 2 atom stereocenters. The minimum absolute atomic E-state index is 0.194.